The monoisotopic (exact) mass is 512 g/mol. The van der Waals surface area contributed by atoms with Crippen LogP contribution in [0.4, 0.5) is 5.69 Å². The summed E-state index contributed by atoms with van der Waals surface area (Å²) in [6, 6.07) is 17.2. The Morgan fingerprint density at radius 2 is 1.92 bits per heavy atom. The average Bonchev–Trinajstić information content (AvgIpc) is 3.37. The van der Waals surface area contributed by atoms with Gasteiger partial charge in [-0.25, -0.2) is 10.1 Å². The molecule has 188 valence electrons. The third-order valence-corrected chi connectivity index (χ3v) is 8.23. The van der Waals surface area contributed by atoms with Crippen molar-refractivity contribution in [3.05, 3.63) is 91.3 Å². The third kappa shape index (κ3) is 4.45. The number of hydrogen-bond acceptors (Lipinski definition) is 8. The molecule has 2 aromatic heterocycles. The predicted octanol–water partition coefficient (Wildman–Crippen LogP) is 4.92. The van der Waals surface area contributed by atoms with Gasteiger partial charge in [0.25, 0.3) is 5.56 Å². The van der Waals surface area contributed by atoms with Crippen LogP contribution in [-0.2, 0) is 10.2 Å². The summed E-state index contributed by atoms with van der Waals surface area (Å²) in [5.74, 6) is -0.292. The number of aromatic amines is 1. The fourth-order valence-corrected chi connectivity index (χ4v) is 6.02. The quantitative estimate of drug-likeness (QED) is 0.452. The number of hydrazine groups is 1. The summed E-state index contributed by atoms with van der Waals surface area (Å²) >= 11 is 1.61. The highest BCUT2D eigenvalue weighted by atomic mass is 32.1. The van der Waals surface area contributed by atoms with Gasteiger partial charge < -0.3 is 5.73 Å². The Labute approximate surface area is 219 Å². The number of Topliss-reactive ketones (excluding diaryl/α,β-unsaturated/α-hetero) is 1. The first-order chi connectivity index (χ1) is 17.7. The van der Waals surface area contributed by atoms with Crippen LogP contribution in [-0.4, -0.2) is 21.0 Å². The van der Waals surface area contributed by atoms with E-state index in [2.05, 4.69) is 48.5 Å². The molecule has 0 unspecified atom stereocenters. The molecule has 9 heteroatoms. The molecule has 0 spiro atoms. The largest absolute Gasteiger partial charge is 0.383 e. The number of hydrogen-bond donors (Lipinski definition) is 3. The van der Waals surface area contributed by atoms with Crippen LogP contribution in [0.2, 0.25) is 0 Å². The molecule has 5 rings (SSSR count). The smallest absolute Gasteiger partial charge is 0.266 e. The summed E-state index contributed by atoms with van der Waals surface area (Å²) in [6.45, 7) is 6.42. The third-order valence-electron chi connectivity index (χ3n) is 6.65. The number of thiophene rings is 1. The number of benzene rings is 1. The number of H-pyrrole nitrogens is 1. The van der Waals surface area contributed by atoms with Crippen LogP contribution in [0.15, 0.2) is 76.0 Å². The Hall–Kier alpha value is -4.16. The van der Waals surface area contributed by atoms with Crippen molar-refractivity contribution in [2.45, 2.75) is 51.4 Å². The molecule has 1 atom stereocenters. The molecule has 2 aliphatic rings. The van der Waals surface area contributed by atoms with E-state index in [4.69, 9.17) is 5.73 Å². The van der Waals surface area contributed by atoms with Crippen LogP contribution in [0.1, 0.15) is 55.7 Å². The number of nitrogens with zero attached hydrogens (tertiary/aromatic N) is 3. The molecule has 4 N–H and O–H groups in total. The van der Waals surface area contributed by atoms with Crippen molar-refractivity contribution in [2.75, 3.05) is 5.43 Å². The van der Waals surface area contributed by atoms with Gasteiger partial charge in [0.2, 0.25) is 0 Å². The molecule has 0 fully saturated rings. The van der Waals surface area contributed by atoms with Crippen molar-refractivity contribution in [1.82, 2.24) is 15.2 Å². The van der Waals surface area contributed by atoms with Crippen LogP contribution in [0.5, 0.6) is 0 Å². The molecule has 3 heterocycles. The minimum Gasteiger partial charge on any atom is -0.383 e. The van der Waals surface area contributed by atoms with Gasteiger partial charge >= 0.3 is 0 Å². The maximum absolute atomic E-state index is 13.4. The average molecular weight is 513 g/mol. The number of carbonyl (C=O) groups excluding carboxylic acids is 1. The molecule has 0 bridgehead atoms. The minimum atomic E-state index is -0.516. The number of nitrogens with two attached hydrogens (primary N) is 1. The number of ketones is 1. The summed E-state index contributed by atoms with van der Waals surface area (Å²) in [7, 11) is 0. The summed E-state index contributed by atoms with van der Waals surface area (Å²) in [4.78, 5) is 27.7. The molecule has 1 aliphatic carbocycles. The zero-order chi connectivity index (χ0) is 26.3. The predicted molar refractivity (Wildman–Crippen MR) is 144 cm³/mol. The second-order valence-corrected chi connectivity index (χ2v) is 11.4. The maximum Gasteiger partial charge on any atom is 0.266 e. The molecule has 0 amide bonds. The summed E-state index contributed by atoms with van der Waals surface area (Å²) in [5, 5.41) is 18.6. The fraction of sp³-hybridized carbons (Fsp3) is 0.286. The van der Waals surface area contributed by atoms with E-state index >= 15 is 0 Å². The van der Waals surface area contributed by atoms with Crippen LogP contribution in [0.25, 0.3) is 11.3 Å². The zero-order valence-corrected chi connectivity index (χ0v) is 21.8. The molecular weight excluding hydrogens is 484 g/mol. The highest BCUT2D eigenvalue weighted by Gasteiger charge is 2.41. The van der Waals surface area contributed by atoms with Gasteiger partial charge in [-0.05, 0) is 30.4 Å². The van der Waals surface area contributed by atoms with Gasteiger partial charge in [0.1, 0.15) is 11.5 Å². The fourth-order valence-electron chi connectivity index (χ4n) is 4.83. The second kappa shape index (κ2) is 9.37. The van der Waals surface area contributed by atoms with Gasteiger partial charge in [-0.3, -0.25) is 15.0 Å². The standard InChI is InChI=1S/C28H28N6O2S/c1-28(2,3)22-13-12-21(37-22)24-17(15-29)27(30)34(19-10-7-11-20(35)25(19)24)33-18-14-23(36)31-32-26(18)16-8-5-4-6-9-16/h4-6,8-9,12-14,24H,7,10-11,30H2,1-3H3,(H2,31,33,36)/t24-/m1/s1. The number of rotatable bonds is 4. The molecule has 8 nitrogen and oxygen atoms in total. The lowest BCUT2D eigenvalue weighted by atomic mass is 9.79. The molecule has 1 aliphatic heterocycles. The van der Waals surface area contributed by atoms with Crippen molar-refractivity contribution in [3.63, 3.8) is 0 Å². The highest BCUT2D eigenvalue weighted by Crippen LogP contribution is 2.47. The van der Waals surface area contributed by atoms with Gasteiger partial charge in [0.05, 0.1) is 23.2 Å². The minimum absolute atomic E-state index is 0.0105. The van der Waals surface area contributed by atoms with Gasteiger partial charge in [-0.1, -0.05) is 51.1 Å². The summed E-state index contributed by atoms with van der Waals surface area (Å²) < 4.78 is 0. The van der Waals surface area contributed by atoms with E-state index in [0.717, 1.165) is 16.1 Å². The number of nitrogens with one attached hydrogen (secondary N) is 2. The van der Waals surface area contributed by atoms with Crippen molar-refractivity contribution in [3.8, 4) is 17.3 Å². The van der Waals surface area contributed by atoms with Crippen molar-refractivity contribution in [1.29, 1.82) is 5.26 Å². The Kier molecular flexibility index (Phi) is 6.21. The maximum atomic E-state index is 13.4. The van der Waals surface area contributed by atoms with Crippen LogP contribution >= 0.6 is 11.3 Å². The lowest BCUT2D eigenvalue weighted by Crippen LogP contribution is -2.41. The number of nitriles is 1. The van der Waals surface area contributed by atoms with Crippen LogP contribution in [0, 0.1) is 11.3 Å². The Bertz CT molecular complexity index is 1530. The summed E-state index contributed by atoms with van der Waals surface area (Å²) in [5.41, 5.74) is 12.8. The molecule has 0 saturated heterocycles. The summed E-state index contributed by atoms with van der Waals surface area (Å²) in [6.07, 6.45) is 1.70. The number of aromatic nitrogens is 2. The molecule has 37 heavy (non-hydrogen) atoms. The van der Waals surface area contributed by atoms with E-state index in [1.165, 1.54) is 10.9 Å². The molecule has 1 aromatic carbocycles. The topological polar surface area (TPSA) is 128 Å². The molecular formula is C28H28N6O2S. The van der Waals surface area contributed by atoms with Gasteiger partial charge in [-0.15, -0.1) is 11.3 Å². The van der Waals surface area contributed by atoms with Crippen LogP contribution < -0.4 is 16.7 Å². The van der Waals surface area contributed by atoms with Gasteiger partial charge in [0, 0.05) is 39.1 Å². The van der Waals surface area contributed by atoms with E-state index in [-0.39, 0.29) is 22.6 Å². The lowest BCUT2D eigenvalue weighted by Gasteiger charge is -2.39. The van der Waals surface area contributed by atoms with E-state index in [9.17, 15) is 14.9 Å². The molecule has 0 saturated carbocycles. The van der Waals surface area contributed by atoms with E-state index in [1.54, 1.807) is 16.3 Å². The first-order valence-electron chi connectivity index (χ1n) is 12.2. The molecule has 0 radical (unpaired) electrons. The number of carbonyl (C=O) groups is 1. The zero-order valence-electron chi connectivity index (χ0n) is 21.0. The van der Waals surface area contributed by atoms with E-state index in [0.29, 0.717) is 41.8 Å². The Morgan fingerprint density at radius 3 is 2.59 bits per heavy atom. The Morgan fingerprint density at radius 1 is 1.16 bits per heavy atom. The molecule has 3 aromatic rings. The first-order valence-corrected chi connectivity index (χ1v) is 13.0. The highest BCUT2D eigenvalue weighted by molar-refractivity contribution is 7.12. The van der Waals surface area contributed by atoms with Gasteiger partial charge in [-0.2, -0.15) is 10.4 Å². The van der Waals surface area contributed by atoms with Crippen molar-refractivity contribution < 1.29 is 4.79 Å². The van der Waals surface area contributed by atoms with Crippen molar-refractivity contribution >= 4 is 22.8 Å². The number of anilines is 1. The SMILES string of the molecule is CC(C)(C)c1ccc([C@H]2C(C#N)=C(N)N(Nc3cc(=O)[nH]nc3-c3ccccc3)C3=C2C(=O)CCC3)s1. The van der Waals surface area contributed by atoms with Crippen molar-refractivity contribution in [2.24, 2.45) is 5.73 Å². The Balaban J connectivity index is 1.65. The normalized spacial score (nSPS) is 18.1. The van der Waals surface area contributed by atoms with E-state index < -0.39 is 5.92 Å². The second-order valence-electron chi connectivity index (χ2n) is 10.2. The number of allylic oxidation sites excluding steroid dienone is 3. The van der Waals surface area contributed by atoms with Gasteiger partial charge in [0.15, 0.2) is 5.78 Å². The lowest BCUT2D eigenvalue weighted by molar-refractivity contribution is -0.116. The first kappa shape index (κ1) is 24.5. The van der Waals surface area contributed by atoms with E-state index in [1.807, 2.05) is 36.4 Å². The van der Waals surface area contributed by atoms with Crippen LogP contribution in [0.3, 0.4) is 0 Å².